The fraction of sp³-hybridized carbons (Fsp3) is 1.00. The minimum Gasteiger partial charge on any atom is -0.373 e. The Morgan fingerprint density at radius 1 is 1.07 bits per heavy atom. The highest BCUT2D eigenvalue weighted by atomic mass is 16.6. The Balaban J connectivity index is 1.40. The second kappa shape index (κ2) is 2.43. The summed E-state index contributed by atoms with van der Waals surface area (Å²) in [6.45, 7) is 1.05. The molecule has 8 atom stereocenters. The Labute approximate surface area is 90.3 Å². The van der Waals surface area contributed by atoms with E-state index in [0.29, 0.717) is 18.3 Å². The predicted molar refractivity (Wildman–Crippen MR) is 54.3 cm³/mol. The third-order valence-electron chi connectivity index (χ3n) is 5.85. The van der Waals surface area contributed by atoms with Crippen molar-refractivity contribution in [1.82, 2.24) is 0 Å². The maximum Gasteiger partial charge on any atom is 0.0875 e. The van der Waals surface area contributed by atoms with Crippen LogP contribution in [0.1, 0.15) is 25.7 Å². The zero-order valence-corrected chi connectivity index (χ0v) is 8.97. The lowest BCUT2D eigenvalue weighted by Crippen LogP contribution is -2.28. The van der Waals surface area contributed by atoms with Crippen LogP contribution in [-0.4, -0.2) is 24.9 Å². The molecule has 2 heteroatoms. The summed E-state index contributed by atoms with van der Waals surface area (Å²) in [4.78, 5) is 0. The molecule has 5 rings (SSSR count). The van der Waals surface area contributed by atoms with Gasteiger partial charge in [-0.2, -0.15) is 0 Å². The van der Waals surface area contributed by atoms with Crippen LogP contribution in [0.15, 0.2) is 0 Å². The average Bonchev–Trinajstić information content (AvgIpc) is 3.07. The van der Waals surface area contributed by atoms with Crippen molar-refractivity contribution in [3.05, 3.63) is 0 Å². The summed E-state index contributed by atoms with van der Waals surface area (Å²) in [5.74, 6) is 5.13. The minimum atomic E-state index is 0.653. The highest BCUT2D eigenvalue weighted by molar-refractivity contribution is 5.14. The summed E-state index contributed by atoms with van der Waals surface area (Å²) < 4.78 is 11.1. The van der Waals surface area contributed by atoms with Crippen molar-refractivity contribution in [2.75, 3.05) is 6.61 Å². The van der Waals surface area contributed by atoms with Crippen LogP contribution in [-0.2, 0) is 9.47 Å². The van der Waals surface area contributed by atoms with Gasteiger partial charge >= 0.3 is 0 Å². The van der Waals surface area contributed by atoms with Gasteiger partial charge in [-0.1, -0.05) is 0 Å². The molecule has 2 heterocycles. The average molecular weight is 206 g/mol. The number of hydrogen-bond donors (Lipinski definition) is 0. The summed E-state index contributed by atoms with van der Waals surface area (Å²) in [6.07, 6.45) is 7.86. The first-order valence-electron chi connectivity index (χ1n) is 6.67. The Morgan fingerprint density at radius 3 is 2.87 bits per heavy atom. The van der Waals surface area contributed by atoms with E-state index in [9.17, 15) is 0 Å². The summed E-state index contributed by atoms with van der Waals surface area (Å²) in [7, 11) is 0. The van der Waals surface area contributed by atoms with E-state index in [1.165, 1.54) is 25.7 Å². The van der Waals surface area contributed by atoms with Crippen LogP contribution in [0.25, 0.3) is 0 Å². The van der Waals surface area contributed by atoms with E-state index in [0.717, 1.165) is 36.2 Å². The molecule has 5 aliphatic rings. The van der Waals surface area contributed by atoms with Gasteiger partial charge in [-0.25, -0.2) is 0 Å². The van der Waals surface area contributed by atoms with Gasteiger partial charge in [-0.3, -0.25) is 0 Å². The largest absolute Gasteiger partial charge is 0.373 e. The highest BCUT2D eigenvalue weighted by Crippen LogP contribution is 2.66. The number of fused-ring (bicyclic) bond motifs is 7. The zero-order valence-electron chi connectivity index (χ0n) is 8.97. The summed E-state index contributed by atoms with van der Waals surface area (Å²) in [6, 6.07) is 0. The van der Waals surface area contributed by atoms with Crippen LogP contribution in [0.3, 0.4) is 0 Å². The molecule has 0 spiro atoms. The minimum absolute atomic E-state index is 0.653. The quantitative estimate of drug-likeness (QED) is 0.644. The molecule has 0 aromatic carbocycles. The second-order valence-corrected chi connectivity index (χ2v) is 6.46. The number of rotatable bonds is 2. The third kappa shape index (κ3) is 0.980. The molecule has 0 N–H and O–H groups in total. The van der Waals surface area contributed by atoms with Crippen LogP contribution < -0.4 is 0 Å². The van der Waals surface area contributed by atoms with E-state index >= 15 is 0 Å². The third-order valence-corrected chi connectivity index (χ3v) is 5.85. The maximum absolute atomic E-state index is 5.72. The summed E-state index contributed by atoms with van der Waals surface area (Å²) >= 11 is 0. The molecule has 82 valence electrons. The van der Waals surface area contributed by atoms with Crippen molar-refractivity contribution in [2.24, 2.45) is 29.6 Å². The summed E-state index contributed by atoms with van der Waals surface area (Å²) in [5, 5.41) is 0. The maximum atomic E-state index is 5.72. The molecule has 0 aromatic rings. The van der Waals surface area contributed by atoms with Crippen LogP contribution in [0, 0.1) is 29.6 Å². The fourth-order valence-corrected chi connectivity index (χ4v) is 5.29. The lowest BCUT2D eigenvalue weighted by Gasteiger charge is -2.32. The molecule has 15 heavy (non-hydrogen) atoms. The SMILES string of the molecule is C1OC1CC1CC2CC1C1CC3OC3C21. The van der Waals surface area contributed by atoms with Crippen molar-refractivity contribution in [2.45, 2.75) is 44.0 Å². The van der Waals surface area contributed by atoms with E-state index in [2.05, 4.69) is 0 Å². The first-order chi connectivity index (χ1) is 7.40. The van der Waals surface area contributed by atoms with Crippen LogP contribution in [0.4, 0.5) is 0 Å². The topological polar surface area (TPSA) is 25.1 Å². The standard InChI is InChI=1S/C13H18O2/c1-6(2-8-5-14-8)9-3-7(1)12-10(9)4-11-13(12)15-11/h6-13H,1-5H2. The molecule has 2 bridgehead atoms. The van der Waals surface area contributed by atoms with Crippen molar-refractivity contribution >= 4 is 0 Å². The van der Waals surface area contributed by atoms with E-state index < -0.39 is 0 Å². The van der Waals surface area contributed by atoms with Gasteiger partial charge in [0.25, 0.3) is 0 Å². The van der Waals surface area contributed by atoms with E-state index in [4.69, 9.17) is 9.47 Å². The van der Waals surface area contributed by atoms with E-state index in [1.807, 2.05) is 0 Å². The van der Waals surface area contributed by atoms with Gasteiger partial charge in [0.2, 0.25) is 0 Å². The van der Waals surface area contributed by atoms with Crippen LogP contribution in [0.5, 0.6) is 0 Å². The molecule has 5 fully saturated rings. The zero-order chi connectivity index (χ0) is 9.57. The molecular formula is C13H18O2. The van der Waals surface area contributed by atoms with Gasteiger partial charge in [-0.15, -0.1) is 0 Å². The van der Waals surface area contributed by atoms with Gasteiger partial charge in [0.15, 0.2) is 0 Å². The molecule has 3 saturated carbocycles. The molecule has 0 aromatic heterocycles. The van der Waals surface area contributed by atoms with Gasteiger partial charge < -0.3 is 9.47 Å². The normalized spacial score (nSPS) is 68.0. The van der Waals surface area contributed by atoms with Crippen molar-refractivity contribution in [3.63, 3.8) is 0 Å². The Bertz CT molecular complexity index is 312. The fourth-order valence-electron chi connectivity index (χ4n) is 5.29. The van der Waals surface area contributed by atoms with Crippen LogP contribution in [0.2, 0.25) is 0 Å². The Morgan fingerprint density at radius 2 is 2.00 bits per heavy atom. The highest BCUT2D eigenvalue weighted by Gasteiger charge is 2.66. The van der Waals surface area contributed by atoms with Crippen molar-refractivity contribution in [3.8, 4) is 0 Å². The first-order valence-corrected chi connectivity index (χ1v) is 6.67. The van der Waals surface area contributed by atoms with Gasteiger partial charge in [0.05, 0.1) is 24.9 Å². The monoisotopic (exact) mass is 206 g/mol. The molecular weight excluding hydrogens is 188 g/mol. The number of epoxide rings is 2. The Hall–Kier alpha value is -0.0800. The molecule has 8 unspecified atom stereocenters. The van der Waals surface area contributed by atoms with Crippen molar-refractivity contribution in [1.29, 1.82) is 0 Å². The van der Waals surface area contributed by atoms with Gasteiger partial charge in [0, 0.05) is 0 Å². The number of hydrogen-bond acceptors (Lipinski definition) is 2. The lowest BCUT2D eigenvalue weighted by molar-refractivity contribution is 0.106. The van der Waals surface area contributed by atoms with E-state index in [-0.39, 0.29) is 0 Å². The Kier molecular flexibility index (Phi) is 1.31. The van der Waals surface area contributed by atoms with Gasteiger partial charge in [0.1, 0.15) is 0 Å². The molecule has 2 saturated heterocycles. The molecule has 3 aliphatic carbocycles. The lowest BCUT2D eigenvalue weighted by atomic mass is 9.73. The summed E-state index contributed by atoms with van der Waals surface area (Å²) in [5.41, 5.74) is 0. The smallest absolute Gasteiger partial charge is 0.0875 e. The van der Waals surface area contributed by atoms with Crippen molar-refractivity contribution < 1.29 is 9.47 Å². The molecule has 2 aliphatic heterocycles. The predicted octanol–water partition coefficient (Wildman–Crippen LogP) is 1.83. The van der Waals surface area contributed by atoms with Gasteiger partial charge in [-0.05, 0) is 55.3 Å². The molecule has 0 radical (unpaired) electrons. The first kappa shape index (κ1) is 8.08. The molecule has 2 nitrogen and oxygen atoms in total. The molecule has 0 amide bonds. The van der Waals surface area contributed by atoms with Crippen LogP contribution >= 0.6 is 0 Å². The van der Waals surface area contributed by atoms with E-state index in [1.54, 1.807) is 0 Å². The second-order valence-electron chi connectivity index (χ2n) is 6.46. The number of ether oxygens (including phenoxy) is 2.